The summed E-state index contributed by atoms with van der Waals surface area (Å²) in [4.78, 5) is 36.1. The summed E-state index contributed by atoms with van der Waals surface area (Å²) in [7, 11) is 1.62. The van der Waals surface area contributed by atoms with Crippen LogP contribution in [0.3, 0.4) is 0 Å². The van der Waals surface area contributed by atoms with Crippen LogP contribution in [-0.2, 0) is 4.79 Å². The second-order valence-electron chi connectivity index (χ2n) is 7.77. The minimum absolute atomic E-state index is 0.0472. The molecule has 1 saturated carbocycles. The van der Waals surface area contributed by atoms with E-state index in [1.165, 1.54) is 12.3 Å². The molecule has 0 atom stereocenters. The molecule has 0 unspecified atom stereocenters. The highest BCUT2D eigenvalue weighted by molar-refractivity contribution is 5.97. The van der Waals surface area contributed by atoms with Gasteiger partial charge in [0, 0.05) is 50.2 Å². The zero-order valence-electron chi connectivity index (χ0n) is 18.0. The average molecular weight is 438 g/mol. The van der Waals surface area contributed by atoms with Crippen LogP contribution in [0.25, 0.3) is 0 Å². The fourth-order valence-corrected chi connectivity index (χ4v) is 3.60. The van der Waals surface area contributed by atoms with E-state index in [4.69, 9.17) is 10.5 Å². The highest BCUT2D eigenvalue weighted by atomic mass is 16.5. The lowest BCUT2D eigenvalue weighted by atomic mass is 10.2. The summed E-state index contributed by atoms with van der Waals surface area (Å²) in [6, 6.07) is 6.07. The van der Waals surface area contributed by atoms with Gasteiger partial charge in [0.15, 0.2) is 0 Å². The monoisotopic (exact) mass is 437 g/mol. The molecule has 2 heterocycles. The van der Waals surface area contributed by atoms with Crippen molar-refractivity contribution >= 4 is 35.0 Å². The summed E-state index contributed by atoms with van der Waals surface area (Å²) in [6.45, 7) is 6.22. The number of aromatic nitrogens is 2. The van der Waals surface area contributed by atoms with Crippen LogP contribution in [-0.4, -0.2) is 66.0 Å². The quantitative estimate of drug-likeness (QED) is 0.533. The molecule has 2 aromatic rings. The average Bonchev–Trinajstić information content (AvgIpc) is 3.62. The SMILES string of the molecule is C=CC(=O)N1CCN(c2ccc(Nc3ncc(C(N)=O)c(NC4CC4)n3)cc2OC)CC1. The van der Waals surface area contributed by atoms with Crippen molar-refractivity contribution in [3.8, 4) is 5.75 Å². The Kier molecular flexibility index (Phi) is 6.11. The molecule has 1 aromatic heterocycles. The van der Waals surface area contributed by atoms with E-state index in [1.807, 2.05) is 18.2 Å². The Bertz CT molecular complexity index is 1030. The minimum atomic E-state index is -0.569. The van der Waals surface area contributed by atoms with Gasteiger partial charge in [0.2, 0.25) is 11.9 Å². The third kappa shape index (κ3) is 4.74. The van der Waals surface area contributed by atoms with E-state index < -0.39 is 5.91 Å². The summed E-state index contributed by atoms with van der Waals surface area (Å²) >= 11 is 0. The van der Waals surface area contributed by atoms with Crippen molar-refractivity contribution < 1.29 is 14.3 Å². The summed E-state index contributed by atoms with van der Waals surface area (Å²) in [5.74, 6) is 0.871. The molecular weight excluding hydrogens is 410 g/mol. The summed E-state index contributed by atoms with van der Waals surface area (Å²) < 4.78 is 5.61. The van der Waals surface area contributed by atoms with Gasteiger partial charge in [-0.2, -0.15) is 4.98 Å². The van der Waals surface area contributed by atoms with Crippen molar-refractivity contribution in [1.82, 2.24) is 14.9 Å². The van der Waals surface area contributed by atoms with Crippen LogP contribution in [0.5, 0.6) is 5.75 Å². The van der Waals surface area contributed by atoms with Gasteiger partial charge in [0.25, 0.3) is 5.91 Å². The Hall–Kier alpha value is -3.82. The fourth-order valence-electron chi connectivity index (χ4n) is 3.60. The molecule has 2 aliphatic rings. The van der Waals surface area contributed by atoms with Gasteiger partial charge in [-0.15, -0.1) is 0 Å². The lowest BCUT2D eigenvalue weighted by molar-refractivity contribution is -0.126. The van der Waals surface area contributed by atoms with E-state index in [2.05, 4.69) is 32.1 Å². The smallest absolute Gasteiger partial charge is 0.254 e. The van der Waals surface area contributed by atoms with E-state index in [1.54, 1.807) is 12.0 Å². The number of nitrogens with two attached hydrogens (primary N) is 1. The standard InChI is InChI=1S/C22H27N7O3/c1-3-19(30)29-10-8-28(9-11-29)17-7-6-15(12-18(17)32-2)26-22-24-13-16(20(23)31)21(27-22)25-14-4-5-14/h3,6-7,12-14H,1,4-5,8-11H2,2H3,(H2,23,31)(H2,24,25,26,27). The van der Waals surface area contributed by atoms with E-state index in [0.29, 0.717) is 49.7 Å². The van der Waals surface area contributed by atoms with Gasteiger partial charge in [-0.3, -0.25) is 9.59 Å². The van der Waals surface area contributed by atoms with Crippen LogP contribution in [0, 0.1) is 0 Å². The molecule has 10 heteroatoms. The molecule has 32 heavy (non-hydrogen) atoms. The Morgan fingerprint density at radius 2 is 2.00 bits per heavy atom. The molecule has 1 aliphatic carbocycles. The number of hydrogen-bond acceptors (Lipinski definition) is 8. The highest BCUT2D eigenvalue weighted by Gasteiger charge is 2.25. The van der Waals surface area contributed by atoms with Crippen LogP contribution in [0.2, 0.25) is 0 Å². The first kappa shape index (κ1) is 21.4. The van der Waals surface area contributed by atoms with Gasteiger partial charge in [-0.05, 0) is 31.1 Å². The number of carbonyl (C=O) groups is 2. The molecule has 1 saturated heterocycles. The number of benzene rings is 1. The number of anilines is 4. The van der Waals surface area contributed by atoms with E-state index >= 15 is 0 Å². The van der Waals surface area contributed by atoms with Crippen molar-refractivity contribution in [2.45, 2.75) is 18.9 Å². The predicted molar refractivity (Wildman–Crippen MR) is 122 cm³/mol. The number of piperazine rings is 1. The van der Waals surface area contributed by atoms with Gasteiger partial charge in [-0.1, -0.05) is 6.58 Å². The number of hydrogen-bond donors (Lipinski definition) is 3. The molecule has 1 aliphatic heterocycles. The molecule has 0 bridgehead atoms. The molecule has 4 N–H and O–H groups in total. The number of nitrogens with zero attached hydrogens (tertiary/aromatic N) is 4. The van der Waals surface area contributed by atoms with Crippen molar-refractivity contribution in [3.63, 3.8) is 0 Å². The van der Waals surface area contributed by atoms with Crippen LogP contribution >= 0.6 is 0 Å². The third-order valence-electron chi connectivity index (χ3n) is 5.51. The van der Waals surface area contributed by atoms with Crippen molar-refractivity contribution in [3.05, 3.63) is 42.6 Å². The molecule has 0 radical (unpaired) electrons. The maximum Gasteiger partial charge on any atom is 0.254 e. The maximum atomic E-state index is 11.8. The van der Waals surface area contributed by atoms with Crippen LogP contribution in [0.1, 0.15) is 23.2 Å². The number of amides is 2. The van der Waals surface area contributed by atoms with Gasteiger partial charge >= 0.3 is 0 Å². The van der Waals surface area contributed by atoms with E-state index in [9.17, 15) is 9.59 Å². The molecule has 168 valence electrons. The molecule has 0 spiro atoms. The maximum absolute atomic E-state index is 11.8. The number of primary amides is 1. The first-order valence-electron chi connectivity index (χ1n) is 10.5. The summed E-state index contributed by atoms with van der Waals surface area (Å²) in [5, 5.41) is 6.39. The predicted octanol–water partition coefficient (Wildman–Crippen LogP) is 1.74. The highest BCUT2D eigenvalue weighted by Crippen LogP contribution is 2.33. The Morgan fingerprint density at radius 3 is 2.62 bits per heavy atom. The first-order chi connectivity index (χ1) is 15.5. The molecule has 2 amide bonds. The van der Waals surface area contributed by atoms with Crippen molar-refractivity contribution in [2.75, 3.05) is 48.8 Å². The normalized spacial score (nSPS) is 15.8. The number of ether oxygens (including phenoxy) is 1. The molecule has 2 fully saturated rings. The van der Waals surface area contributed by atoms with E-state index in [0.717, 1.165) is 24.2 Å². The van der Waals surface area contributed by atoms with Gasteiger partial charge in [0.1, 0.15) is 11.6 Å². The van der Waals surface area contributed by atoms with Gasteiger partial charge < -0.3 is 30.9 Å². The van der Waals surface area contributed by atoms with Crippen molar-refractivity contribution in [1.29, 1.82) is 0 Å². The second kappa shape index (κ2) is 9.13. The minimum Gasteiger partial charge on any atom is -0.495 e. The second-order valence-corrected chi connectivity index (χ2v) is 7.77. The molecule has 4 rings (SSSR count). The number of nitrogens with one attached hydrogen (secondary N) is 2. The summed E-state index contributed by atoms with van der Waals surface area (Å²) in [5.41, 5.74) is 7.41. The van der Waals surface area contributed by atoms with Gasteiger partial charge in [-0.25, -0.2) is 4.98 Å². The number of rotatable bonds is 8. The van der Waals surface area contributed by atoms with Crippen LogP contribution < -0.4 is 26.0 Å². The fraction of sp³-hybridized carbons (Fsp3) is 0.364. The Morgan fingerprint density at radius 1 is 1.25 bits per heavy atom. The van der Waals surface area contributed by atoms with Crippen molar-refractivity contribution in [2.24, 2.45) is 5.73 Å². The molecule has 1 aromatic carbocycles. The topological polar surface area (TPSA) is 126 Å². The summed E-state index contributed by atoms with van der Waals surface area (Å²) in [6.07, 6.45) is 4.86. The molecule has 10 nitrogen and oxygen atoms in total. The zero-order chi connectivity index (χ0) is 22.7. The molecular formula is C22H27N7O3. The third-order valence-corrected chi connectivity index (χ3v) is 5.51. The first-order valence-corrected chi connectivity index (χ1v) is 10.5. The van der Waals surface area contributed by atoms with Crippen LogP contribution in [0.15, 0.2) is 37.1 Å². The Labute approximate surface area is 186 Å². The zero-order valence-corrected chi connectivity index (χ0v) is 18.0. The number of carbonyl (C=O) groups excluding carboxylic acids is 2. The van der Waals surface area contributed by atoms with Crippen LogP contribution in [0.4, 0.5) is 23.1 Å². The van der Waals surface area contributed by atoms with E-state index in [-0.39, 0.29) is 11.5 Å². The lowest BCUT2D eigenvalue weighted by Crippen LogP contribution is -2.48. The largest absolute Gasteiger partial charge is 0.495 e. The van der Waals surface area contributed by atoms with Gasteiger partial charge in [0.05, 0.1) is 18.4 Å². The number of methoxy groups -OCH3 is 1. The Balaban J connectivity index is 1.49. The lowest BCUT2D eigenvalue weighted by Gasteiger charge is -2.36.